The van der Waals surface area contributed by atoms with E-state index in [4.69, 9.17) is 18.9 Å². The summed E-state index contributed by atoms with van der Waals surface area (Å²) >= 11 is 0. The first-order chi connectivity index (χ1) is 22.3. The number of nitrogens with one attached hydrogen (secondary N) is 2. The van der Waals surface area contributed by atoms with Crippen molar-refractivity contribution in [3.05, 3.63) is 48.5 Å². The maximum absolute atomic E-state index is 12.8. The lowest BCUT2D eigenvalue weighted by Gasteiger charge is -2.20. The van der Waals surface area contributed by atoms with E-state index < -0.39 is 52.8 Å². The summed E-state index contributed by atoms with van der Waals surface area (Å²) in [7, 11) is 0. The summed E-state index contributed by atoms with van der Waals surface area (Å²) in [6, 6.07) is 15.5. The maximum Gasteiger partial charge on any atom is 0.412 e. The van der Waals surface area contributed by atoms with Gasteiger partial charge in [0.15, 0.2) is 5.54 Å². The molecule has 14 heteroatoms. The van der Waals surface area contributed by atoms with Crippen LogP contribution in [0.2, 0.25) is 0 Å². The Labute approximate surface area is 280 Å². The maximum atomic E-state index is 12.8. The number of nitriles is 2. The van der Waals surface area contributed by atoms with Crippen LogP contribution >= 0.6 is 0 Å². The van der Waals surface area contributed by atoms with Gasteiger partial charge in [0.05, 0.1) is 18.2 Å². The smallest absolute Gasteiger partial charge is 0.412 e. The summed E-state index contributed by atoms with van der Waals surface area (Å²) in [6.45, 7) is 13.5. The minimum atomic E-state index is -1.39. The van der Waals surface area contributed by atoms with Gasteiger partial charge in [0.25, 0.3) is 0 Å². The van der Waals surface area contributed by atoms with E-state index in [2.05, 4.69) is 20.9 Å². The molecule has 0 fully saturated rings. The fraction of sp³-hybridized carbons (Fsp3) is 0.471. The molecule has 3 unspecified atom stereocenters. The van der Waals surface area contributed by atoms with Gasteiger partial charge in [0.1, 0.15) is 28.6 Å². The fourth-order valence-corrected chi connectivity index (χ4v) is 3.78. The number of esters is 2. The molecule has 256 valence electrons. The molecular formula is C34H42N6O8. The molecule has 0 aliphatic rings. The van der Waals surface area contributed by atoms with Gasteiger partial charge in [-0.2, -0.15) is 20.8 Å². The zero-order valence-electron chi connectivity index (χ0n) is 28.4. The lowest BCUT2D eigenvalue weighted by molar-refractivity contribution is -0.137. The number of hydrogen-bond donors (Lipinski definition) is 2. The van der Waals surface area contributed by atoms with Crippen molar-refractivity contribution in [3.63, 3.8) is 0 Å². The third kappa shape index (κ3) is 14.7. The molecule has 48 heavy (non-hydrogen) atoms. The Kier molecular flexibility index (Phi) is 13.6. The fourth-order valence-electron chi connectivity index (χ4n) is 3.78. The van der Waals surface area contributed by atoms with Gasteiger partial charge in [-0.05, 0) is 92.5 Å². The van der Waals surface area contributed by atoms with E-state index in [9.17, 15) is 29.7 Å². The highest BCUT2D eigenvalue weighted by Crippen LogP contribution is 2.24. The van der Waals surface area contributed by atoms with Crippen LogP contribution < -0.4 is 20.1 Å². The van der Waals surface area contributed by atoms with Crippen LogP contribution in [0.25, 0.3) is 0 Å². The Bertz CT molecular complexity index is 1580. The van der Waals surface area contributed by atoms with E-state index in [0.29, 0.717) is 11.4 Å². The molecule has 0 aliphatic heterocycles. The van der Waals surface area contributed by atoms with Gasteiger partial charge in [-0.3, -0.25) is 20.2 Å². The van der Waals surface area contributed by atoms with Gasteiger partial charge < -0.3 is 18.9 Å². The Morgan fingerprint density at radius 3 is 1.77 bits per heavy atom. The Morgan fingerprint density at radius 2 is 1.31 bits per heavy atom. The zero-order valence-corrected chi connectivity index (χ0v) is 28.4. The van der Waals surface area contributed by atoms with Crippen LogP contribution in [-0.2, 0) is 19.1 Å². The standard InChI is InChI=1S/C34H42N6O8/c1-22(17-23(20-35)29(42)46-27-14-10-12-25(19-27)38-31(44)48-33(5,6)7)39-40-34(8,21-36)16-15-28(41)45-26-13-9-11-24(18-26)37-30(43)47-32(2,3)4/h9-14,18-19,22-23H,15-17H2,1-8H3,(H,37,43)(H,38,44). The number of carbonyl (C=O) groups is 4. The molecule has 2 aromatic rings. The first-order valence-corrected chi connectivity index (χ1v) is 15.1. The molecule has 2 rings (SSSR count). The second-order valence-electron chi connectivity index (χ2n) is 13.1. The van der Waals surface area contributed by atoms with Crippen LogP contribution in [0.15, 0.2) is 58.8 Å². The Hall–Kier alpha value is -5.50. The first-order valence-electron chi connectivity index (χ1n) is 15.1. The number of rotatable bonds is 12. The molecule has 0 saturated heterocycles. The molecule has 0 spiro atoms. The summed E-state index contributed by atoms with van der Waals surface area (Å²) < 4.78 is 21.2. The molecule has 0 radical (unpaired) electrons. The van der Waals surface area contributed by atoms with Gasteiger partial charge in [-0.15, -0.1) is 0 Å². The normalized spacial score (nSPS) is 13.9. The first kappa shape index (κ1) is 38.7. The predicted octanol–water partition coefficient (Wildman–Crippen LogP) is 7.32. The molecular weight excluding hydrogens is 620 g/mol. The third-order valence-corrected chi connectivity index (χ3v) is 5.96. The van der Waals surface area contributed by atoms with Crippen molar-refractivity contribution in [2.24, 2.45) is 16.1 Å². The minimum Gasteiger partial charge on any atom is -0.444 e. The average molecular weight is 663 g/mol. The lowest BCUT2D eigenvalue weighted by atomic mass is 9.99. The van der Waals surface area contributed by atoms with Crippen molar-refractivity contribution >= 4 is 35.5 Å². The Morgan fingerprint density at radius 1 is 0.812 bits per heavy atom. The van der Waals surface area contributed by atoms with Crippen molar-refractivity contribution < 1.29 is 38.1 Å². The van der Waals surface area contributed by atoms with Crippen molar-refractivity contribution in [1.29, 1.82) is 10.5 Å². The highest BCUT2D eigenvalue weighted by Gasteiger charge is 2.27. The molecule has 0 bridgehead atoms. The van der Waals surface area contributed by atoms with E-state index in [1.807, 2.05) is 12.1 Å². The van der Waals surface area contributed by atoms with Crippen LogP contribution in [0.3, 0.4) is 0 Å². The van der Waals surface area contributed by atoms with Crippen molar-refractivity contribution in [2.75, 3.05) is 10.6 Å². The van der Waals surface area contributed by atoms with Crippen LogP contribution in [0, 0.1) is 28.6 Å². The number of anilines is 2. The van der Waals surface area contributed by atoms with E-state index in [-0.39, 0.29) is 30.8 Å². The molecule has 0 saturated carbocycles. The number of carbonyl (C=O) groups excluding carboxylic acids is 4. The summed E-state index contributed by atoms with van der Waals surface area (Å²) in [4.78, 5) is 49.4. The van der Waals surface area contributed by atoms with Crippen molar-refractivity contribution in [1.82, 2.24) is 0 Å². The molecule has 2 aromatic carbocycles. The van der Waals surface area contributed by atoms with E-state index >= 15 is 0 Å². The molecule has 14 nitrogen and oxygen atoms in total. The lowest BCUT2D eigenvalue weighted by Crippen LogP contribution is -2.27. The molecule has 0 heterocycles. The second kappa shape index (κ2) is 16.9. The molecule has 2 N–H and O–H groups in total. The van der Waals surface area contributed by atoms with Gasteiger partial charge in [0, 0.05) is 29.9 Å². The number of ether oxygens (including phenoxy) is 4. The number of hydrogen-bond acceptors (Lipinski definition) is 12. The number of azo groups is 1. The molecule has 0 aliphatic carbocycles. The minimum absolute atomic E-state index is 0.0220. The van der Waals surface area contributed by atoms with Crippen LogP contribution in [0.1, 0.15) is 74.7 Å². The van der Waals surface area contributed by atoms with Gasteiger partial charge in [-0.25, -0.2) is 9.59 Å². The summed E-state index contributed by atoms with van der Waals surface area (Å²) in [5, 5.41) is 32.7. The monoisotopic (exact) mass is 662 g/mol. The summed E-state index contributed by atoms with van der Waals surface area (Å²) in [5.41, 5.74) is -2.08. The second-order valence-corrected chi connectivity index (χ2v) is 13.1. The van der Waals surface area contributed by atoms with E-state index in [1.54, 1.807) is 72.7 Å². The largest absolute Gasteiger partial charge is 0.444 e. The average Bonchev–Trinajstić information content (AvgIpc) is 2.96. The topological polar surface area (TPSA) is 202 Å². The Balaban J connectivity index is 1.92. The zero-order chi connectivity index (χ0) is 36.1. The van der Waals surface area contributed by atoms with Crippen molar-refractivity contribution in [3.8, 4) is 23.6 Å². The highest BCUT2D eigenvalue weighted by molar-refractivity contribution is 5.86. The van der Waals surface area contributed by atoms with Gasteiger partial charge in [-0.1, -0.05) is 12.1 Å². The summed E-state index contributed by atoms with van der Waals surface area (Å²) in [5.74, 6) is -2.37. The predicted molar refractivity (Wildman–Crippen MR) is 175 cm³/mol. The molecule has 0 aromatic heterocycles. The molecule has 3 atom stereocenters. The van der Waals surface area contributed by atoms with E-state index in [1.165, 1.54) is 31.2 Å². The SMILES string of the molecule is CC(CC(C#N)C(=O)Oc1cccc(NC(=O)OC(C)(C)C)c1)N=NC(C)(C#N)CCC(=O)Oc1cccc(NC(=O)OC(C)(C)C)c1. The van der Waals surface area contributed by atoms with Crippen molar-refractivity contribution in [2.45, 2.75) is 97.4 Å². The summed E-state index contributed by atoms with van der Waals surface area (Å²) in [6.07, 6.45) is -1.58. The number of benzene rings is 2. The number of nitrogens with zero attached hydrogens (tertiary/aromatic N) is 4. The third-order valence-electron chi connectivity index (χ3n) is 5.96. The molecule has 2 amide bonds. The van der Waals surface area contributed by atoms with Crippen LogP contribution in [-0.4, -0.2) is 46.9 Å². The van der Waals surface area contributed by atoms with Crippen LogP contribution in [0.4, 0.5) is 21.0 Å². The van der Waals surface area contributed by atoms with Gasteiger partial charge >= 0.3 is 24.1 Å². The highest BCUT2D eigenvalue weighted by atomic mass is 16.6. The van der Waals surface area contributed by atoms with Crippen LogP contribution in [0.5, 0.6) is 11.5 Å². The van der Waals surface area contributed by atoms with Gasteiger partial charge in [0.2, 0.25) is 0 Å². The van der Waals surface area contributed by atoms with E-state index in [0.717, 1.165) is 0 Å². The number of amides is 2. The quantitative estimate of drug-likeness (QED) is 0.132.